The molecular weight excluding hydrogens is 155 g/mol. The third-order valence-electron chi connectivity index (χ3n) is 1.38. The molecule has 1 amide bonds. The lowest BCUT2D eigenvalue weighted by molar-refractivity contribution is 0.0848. The fourth-order valence-electron chi connectivity index (χ4n) is 0.782. The second-order valence-corrected chi connectivity index (χ2v) is 2.19. The number of hydrogen-bond donors (Lipinski definition) is 2. The van der Waals surface area contributed by atoms with Gasteiger partial charge in [0.25, 0.3) is 5.91 Å². The number of hydrogen-bond acceptors (Lipinski definition) is 3. The van der Waals surface area contributed by atoms with Crippen molar-refractivity contribution in [2.45, 2.75) is 0 Å². The van der Waals surface area contributed by atoms with Gasteiger partial charge in [-0.2, -0.15) is 0 Å². The van der Waals surface area contributed by atoms with Crippen LogP contribution in [0.15, 0.2) is 30.3 Å². The third kappa shape index (κ3) is 1.84. The number of rotatable bonds is 2. The Balaban J connectivity index is 2.79. The summed E-state index contributed by atoms with van der Waals surface area (Å²) >= 11 is 0. The molecule has 0 fully saturated rings. The maximum absolute atomic E-state index is 11.2. The number of nitrogens with zero attached hydrogens (tertiary/aromatic N) is 1. The molecule has 0 spiro atoms. The van der Waals surface area contributed by atoms with E-state index in [1.165, 1.54) is 0 Å². The number of carbonyl (C=O) groups is 1. The Morgan fingerprint density at radius 3 is 2.50 bits per heavy atom. The summed E-state index contributed by atoms with van der Waals surface area (Å²) in [6.07, 6.45) is 0. The molecule has 12 heavy (non-hydrogen) atoms. The molecule has 0 aliphatic heterocycles. The lowest BCUT2D eigenvalue weighted by atomic mass is 10.1. The van der Waals surface area contributed by atoms with Crippen LogP contribution in [0, 0.1) is 0 Å². The maximum atomic E-state index is 11.2. The molecule has 1 aromatic rings. The molecule has 0 atom stereocenters. The van der Waals surface area contributed by atoms with E-state index in [0.717, 1.165) is 0 Å². The lowest BCUT2D eigenvalue weighted by Crippen LogP contribution is -2.40. The van der Waals surface area contributed by atoms with E-state index in [1.807, 2.05) is 0 Å². The Morgan fingerprint density at radius 1 is 1.42 bits per heavy atom. The Kier molecular flexibility index (Phi) is 2.84. The molecule has 1 aromatic carbocycles. The minimum Gasteiger partial charge on any atom is -0.434 e. The molecule has 4 nitrogen and oxygen atoms in total. The summed E-state index contributed by atoms with van der Waals surface area (Å²) in [6.45, 7) is 0. The second-order valence-electron chi connectivity index (χ2n) is 2.19. The zero-order chi connectivity index (χ0) is 8.97. The first kappa shape index (κ1) is 8.77. The predicted molar refractivity (Wildman–Crippen MR) is 44.8 cm³/mol. The quantitative estimate of drug-likeness (QED) is 0.268. The van der Waals surface area contributed by atoms with Crippen LogP contribution in [0.25, 0.3) is 0 Å². The minimum atomic E-state index is -0.446. The van der Waals surface area contributed by atoms with E-state index < -0.39 is 5.91 Å². The van der Waals surface area contributed by atoms with Crippen LogP contribution in [-0.2, 0) is 0 Å². The summed E-state index contributed by atoms with van der Waals surface area (Å²) in [7, 11) is 0.523. The molecular formula is C7H8BN2O2. The summed E-state index contributed by atoms with van der Waals surface area (Å²) in [6, 6.07) is 8.47. The van der Waals surface area contributed by atoms with Crippen LogP contribution < -0.4 is 5.84 Å². The zero-order valence-corrected chi connectivity index (χ0v) is 6.34. The predicted octanol–water partition coefficient (Wildman–Crippen LogP) is -0.471. The van der Waals surface area contributed by atoms with Gasteiger partial charge in [-0.25, -0.2) is 0 Å². The average Bonchev–Trinajstić information content (AvgIpc) is 2.17. The molecule has 1 rings (SSSR count). The van der Waals surface area contributed by atoms with Crippen LogP contribution in [0.2, 0.25) is 0 Å². The standard InChI is InChI=1S/C7H8BN2O2/c9-10(8-12)7(11)6-4-2-1-3-5-6/h1-5,12H,9H2. The summed E-state index contributed by atoms with van der Waals surface area (Å²) in [5.41, 5.74) is 0.435. The van der Waals surface area contributed by atoms with Crippen LogP contribution in [0.4, 0.5) is 0 Å². The molecule has 0 aromatic heterocycles. The van der Waals surface area contributed by atoms with Crippen LogP contribution >= 0.6 is 0 Å². The molecule has 0 saturated carbocycles. The third-order valence-corrected chi connectivity index (χ3v) is 1.38. The second kappa shape index (κ2) is 3.89. The van der Waals surface area contributed by atoms with Gasteiger partial charge < -0.3 is 5.02 Å². The van der Waals surface area contributed by atoms with Gasteiger partial charge in [0.05, 0.1) is 0 Å². The molecule has 0 aliphatic carbocycles. The summed E-state index contributed by atoms with van der Waals surface area (Å²) < 4.78 is 0. The molecule has 5 heteroatoms. The minimum absolute atomic E-state index is 0.435. The van der Waals surface area contributed by atoms with E-state index in [9.17, 15) is 4.79 Å². The smallest absolute Gasteiger partial charge is 0.434 e. The monoisotopic (exact) mass is 163 g/mol. The van der Waals surface area contributed by atoms with Crippen molar-refractivity contribution in [2.24, 2.45) is 5.84 Å². The SMILES string of the molecule is NN([B]O)C(=O)c1ccccc1. The van der Waals surface area contributed by atoms with Crippen LogP contribution in [0.5, 0.6) is 0 Å². The topological polar surface area (TPSA) is 66.6 Å². The van der Waals surface area contributed by atoms with Crippen molar-refractivity contribution in [3.8, 4) is 0 Å². The van der Waals surface area contributed by atoms with Gasteiger partial charge in [0.1, 0.15) is 0 Å². The highest BCUT2D eigenvalue weighted by molar-refractivity contribution is 6.29. The van der Waals surface area contributed by atoms with E-state index in [-0.39, 0.29) is 0 Å². The molecule has 1 radical (unpaired) electrons. The van der Waals surface area contributed by atoms with Crippen LogP contribution in [-0.4, -0.2) is 23.5 Å². The number of benzene rings is 1. The van der Waals surface area contributed by atoms with Crippen molar-refractivity contribution in [1.82, 2.24) is 4.92 Å². The Labute approximate surface area is 70.9 Å². The fraction of sp³-hybridized carbons (Fsp3) is 0. The van der Waals surface area contributed by atoms with Gasteiger partial charge in [0.15, 0.2) is 0 Å². The van der Waals surface area contributed by atoms with Crippen LogP contribution in [0.1, 0.15) is 10.4 Å². The zero-order valence-electron chi connectivity index (χ0n) is 6.34. The summed E-state index contributed by atoms with van der Waals surface area (Å²) in [5, 5.41) is 8.42. The fourth-order valence-corrected chi connectivity index (χ4v) is 0.782. The average molecular weight is 163 g/mol. The van der Waals surface area contributed by atoms with Gasteiger partial charge in [-0.15, -0.1) is 0 Å². The highest BCUT2D eigenvalue weighted by Gasteiger charge is 2.11. The van der Waals surface area contributed by atoms with Gasteiger partial charge in [0, 0.05) is 5.56 Å². The van der Waals surface area contributed by atoms with E-state index in [1.54, 1.807) is 30.3 Å². The van der Waals surface area contributed by atoms with Crippen LogP contribution in [0.3, 0.4) is 0 Å². The molecule has 0 unspecified atom stereocenters. The normalized spacial score (nSPS) is 9.17. The highest BCUT2D eigenvalue weighted by atomic mass is 16.2. The Bertz CT molecular complexity index is 265. The van der Waals surface area contributed by atoms with E-state index >= 15 is 0 Å². The Hall–Kier alpha value is -1.33. The summed E-state index contributed by atoms with van der Waals surface area (Å²) in [4.78, 5) is 11.8. The Morgan fingerprint density at radius 2 is 2.00 bits per heavy atom. The number of carbonyl (C=O) groups excluding carboxylic acids is 1. The molecule has 0 saturated heterocycles. The maximum Gasteiger partial charge on any atom is 0.455 e. The van der Waals surface area contributed by atoms with Gasteiger partial charge in [0.2, 0.25) is 0 Å². The van der Waals surface area contributed by atoms with Crippen molar-refractivity contribution in [1.29, 1.82) is 0 Å². The van der Waals surface area contributed by atoms with Gasteiger partial charge in [-0.05, 0) is 12.1 Å². The first-order valence-electron chi connectivity index (χ1n) is 3.36. The van der Waals surface area contributed by atoms with E-state index in [2.05, 4.69) is 0 Å². The van der Waals surface area contributed by atoms with Crippen molar-refractivity contribution in [3.63, 3.8) is 0 Å². The molecule has 61 valence electrons. The van der Waals surface area contributed by atoms with Gasteiger partial charge >= 0.3 is 7.62 Å². The number of amides is 1. The van der Waals surface area contributed by atoms with E-state index in [4.69, 9.17) is 10.9 Å². The summed E-state index contributed by atoms with van der Waals surface area (Å²) in [5.74, 6) is 4.68. The van der Waals surface area contributed by atoms with Crippen molar-refractivity contribution < 1.29 is 9.82 Å². The van der Waals surface area contributed by atoms with Crippen molar-refractivity contribution in [2.75, 3.05) is 0 Å². The number of hydrazine groups is 1. The highest BCUT2D eigenvalue weighted by Crippen LogP contribution is 1.99. The molecule has 0 heterocycles. The molecule has 0 bridgehead atoms. The molecule has 3 N–H and O–H groups in total. The van der Waals surface area contributed by atoms with Crippen molar-refractivity contribution in [3.05, 3.63) is 35.9 Å². The molecule has 0 aliphatic rings. The van der Waals surface area contributed by atoms with Gasteiger partial charge in [-0.3, -0.25) is 15.6 Å². The van der Waals surface area contributed by atoms with Crippen molar-refractivity contribution >= 4 is 13.5 Å². The largest absolute Gasteiger partial charge is 0.455 e. The lowest BCUT2D eigenvalue weighted by Gasteiger charge is -2.10. The first-order valence-corrected chi connectivity index (χ1v) is 3.36. The number of nitrogens with two attached hydrogens (primary N) is 1. The first-order chi connectivity index (χ1) is 5.75. The van der Waals surface area contributed by atoms with E-state index in [0.29, 0.717) is 18.1 Å². The van der Waals surface area contributed by atoms with Gasteiger partial charge in [-0.1, -0.05) is 18.2 Å².